The van der Waals surface area contributed by atoms with Gasteiger partial charge in [0.2, 0.25) is 0 Å². The van der Waals surface area contributed by atoms with Crippen LogP contribution in [0, 0.1) is 6.92 Å². The first-order chi connectivity index (χ1) is 9.11. The number of nitrogens with zero attached hydrogens (tertiary/aromatic N) is 1. The fraction of sp³-hybridized carbons (Fsp3) is 0.286. The Balaban J connectivity index is 2.26. The predicted octanol–water partition coefficient (Wildman–Crippen LogP) is 2.41. The molecule has 2 N–H and O–H groups in total. The van der Waals surface area contributed by atoms with E-state index in [4.69, 9.17) is 9.84 Å². The minimum atomic E-state index is -0.870. The first-order valence-corrected chi connectivity index (χ1v) is 6.10. The minimum absolute atomic E-state index is 0.0458. The molecule has 0 aliphatic carbocycles. The number of aromatic nitrogens is 2. The molecule has 19 heavy (non-hydrogen) atoms. The van der Waals surface area contributed by atoms with Crippen molar-refractivity contribution in [1.82, 2.24) is 10.2 Å². The predicted molar refractivity (Wildman–Crippen MR) is 71.3 cm³/mol. The minimum Gasteiger partial charge on any atom is -0.494 e. The molecule has 2 aromatic rings. The van der Waals surface area contributed by atoms with Crippen LogP contribution in [0.3, 0.4) is 0 Å². The molecule has 100 valence electrons. The van der Waals surface area contributed by atoms with E-state index in [2.05, 4.69) is 10.2 Å². The Bertz CT molecular complexity index is 573. The van der Waals surface area contributed by atoms with Gasteiger partial charge in [-0.05, 0) is 43.7 Å². The van der Waals surface area contributed by atoms with Crippen molar-refractivity contribution in [3.8, 4) is 17.0 Å². The van der Waals surface area contributed by atoms with E-state index in [1.165, 1.54) is 0 Å². The van der Waals surface area contributed by atoms with Gasteiger partial charge in [0.05, 0.1) is 18.7 Å². The van der Waals surface area contributed by atoms with Crippen molar-refractivity contribution in [3.05, 3.63) is 35.5 Å². The first kappa shape index (κ1) is 13.1. The van der Waals surface area contributed by atoms with Crippen molar-refractivity contribution in [2.24, 2.45) is 0 Å². The van der Waals surface area contributed by atoms with Crippen molar-refractivity contribution < 1.29 is 14.6 Å². The average molecular weight is 260 g/mol. The molecule has 5 nitrogen and oxygen atoms in total. The summed E-state index contributed by atoms with van der Waals surface area (Å²) >= 11 is 0. The van der Waals surface area contributed by atoms with E-state index in [0.717, 1.165) is 22.6 Å². The van der Waals surface area contributed by atoms with Gasteiger partial charge in [-0.3, -0.25) is 9.89 Å². The second-order valence-electron chi connectivity index (χ2n) is 4.20. The van der Waals surface area contributed by atoms with Gasteiger partial charge in [0.25, 0.3) is 0 Å². The molecule has 1 heterocycles. The fourth-order valence-corrected chi connectivity index (χ4v) is 1.91. The molecule has 1 aromatic heterocycles. The Morgan fingerprint density at radius 2 is 2.05 bits per heavy atom. The number of H-pyrrole nitrogens is 1. The van der Waals surface area contributed by atoms with Crippen molar-refractivity contribution >= 4 is 5.97 Å². The van der Waals surface area contributed by atoms with Crippen LogP contribution in [0.2, 0.25) is 0 Å². The van der Waals surface area contributed by atoms with Gasteiger partial charge >= 0.3 is 5.97 Å². The highest BCUT2D eigenvalue weighted by atomic mass is 16.5. The normalized spacial score (nSPS) is 10.4. The van der Waals surface area contributed by atoms with Crippen LogP contribution in [0.15, 0.2) is 24.3 Å². The number of aromatic amines is 1. The molecule has 0 radical (unpaired) electrons. The van der Waals surface area contributed by atoms with Gasteiger partial charge in [0.1, 0.15) is 5.75 Å². The molecule has 0 amide bonds. The highest BCUT2D eigenvalue weighted by Crippen LogP contribution is 2.25. The van der Waals surface area contributed by atoms with E-state index in [1.807, 2.05) is 38.1 Å². The lowest BCUT2D eigenvalue weighted by atomic mass is 10.1. The molecule has 0 unspecified atom stereocenters. The quantitative estimate of drug-likeness (QED) is 0.865. The van der Waals surface area contributed by atoms with E-state index in [0.29, 0.717) is 12.3 Å². The Morgan fingerprint density at radius 1 is 1.37 bits per heavy atom. The average Bonchev–Trinajstić information content (AvgIpc) is 2.72. The zero-order valence-electron chi connectivity index (χ0n) is 10.9. The summed E-state index contributed by atoms with van der Waals surface area (Å²) < 4.78 is 5.38. The van der Waals surface area contributed by atoms with Gasteiger partial charge in [-0.25, -0.2) is 0 Å². The van der Waals surface area contributed by atoms with E-state index >= 15 is 0 Å². The zero-order chi connectivity index (χ0) is 13.8. The summed E-state index contributed by atoms with van der Waals surface area (Å²) in [5.74, 6) is -0.0600. The van der Waals surface area contributed by atoms with Crippen molar-refractivity contribution in [2.75, 3.05) is 6.61 Å². The van der Waals surface area contributed by atoms with E-state index in [-0.39, 0.29) is 6.42 Å². The number of carboxylic acids is 1. The van der Waals surface area contributed by atoms with Gasteiger partial charge in [0, 0.05) is 11.3 Å². The Labute approximate surface area is 111 Å². The number of nitrogens with one attached hydrogen (secondary N) is 1. The van der Waals surface area contributed by atoms with Gasteiger partial charge in [0.15, 0.2) is 0 Å². The maximum absolute atomic E-state index is 10.7. The SMILES string of the molecule is CCOc1ccc(-c2n[nH]c(CC(=O)O)c2C)cc1. The lowest BCUT2D eigenvalue weighted by Crippen LogP contribution is -2.01. The molecule has 0 aliphatic rings. The Hall–Kier alpha value is -2.30. The highest BCUT2D eigenvalue weighted by Gasteiger charge is 2.13. The standard InChI is InChI=1S/C14H16N2O3/c1-3-19-11-6-4-10(5-7-11)14-9(2)12(15-16-14)8-13(17)18/h4-7H,3,8H2,1-2H3,(H,15,16)(H,17,18). The van der Waals surface area contributed by atoms with Crippen LogP contribution < -0.4 is 4.74 Å². The summed E-state index contributed by atoms with van der Waals surface area (Å²) in [7, 11) is 0. The topological polar surface area (TPSA) is 75.2 Å². The number of aliphatic carboxylic acids is 1. The fourth-order valence-electron chi connectivity index (χ4n) is 1.91. The van der Waals surface area contributed by atoms with E-state index in [1.54, 1.807) is 0 Å². The van der Waals surface area contributed by atoms with Crippen LogP contribution in [0.4, 0.5) is 0 Å². The summed E-state index contributed by atoms with van der Waals surface area (Å²) in [6.07, 6.45) is -0.0458. The van der Waals surface area contributed by atoms with E-state index < -0.39 is 5.97 Å². The van der Waals surface area contributed by atoms with Crippen molar-refractivity contribution in [1.29, 1.82) is 0 Å². The smallest absolute Gasteiger partial charge is 0.309 e. The number of rotatable bonds is 5. The zero-order valence-corrected chi connectivity index (χ0v) is 10.9. The number of ether oxygens (including phenoxy) is 1. The molecule has 0 spiro atoms. The number of hydrogen-bond donors (Lipinski definition) is 2. The lowest BCUT2D eigenvalue weighted by Gasteiger charge is -2.04. The summed E-state index contributed by atoms with van der Waals surface area (Å²) in [6.45, 7) is 4.43. The third kappa shape index (κ3) is 2.93. The van der Waals surface area contributed by atoms with E-state index in [9.17, 15) is 4.79 Å². The Morgan fingerprint density at radius 3 is 2.63 bits per heavy atom. The molecular weight excluding hydrogens is 244 g/mol. The Kier molecular flexibility index (Phi) is 3.85. The van der Waals surface area contributed by atoms with Crippen molar-refractivity contribution in [2.45, 2.75) is 20.3 Å². The first-order valence-electron chi connectivity index (χ1n) is 6.10. The van der Waals surface area contributed by atoms with Crippen LogP contribution in [0.1, 0.15) is 18.2 Å². The number of carboxylic acid groups (broad SMARTS) is 1. The second kappa shape index (κ2) is 5.56. The van der Waals surface area contributed by atoms with Crippen LogP contribution in [0.5, 0.6) is 5.75 Å². The van der Waals surface area contributed by atoms with Crippen LogP contribution in [-0.4, -0.2) is 27.9 Å². The highest BCUT2D eigenvalue weighted by molar-refractivity contribution is 5.72. The molecule has 0 atom stereocenters. The molecule has 0 saturated carbocycles. The monoisotopic (exact) mass is 260 g/mol. The van der Waals surface area contributed by atoms with Gasteiger partial charge in [-0.15, -0.1) is 0 Å². The molecule has 0 fully saturated rings. The van der Waals surface area contributed by atoms with Crippen LogP contribution >= 0.6 is 0 Å². The summed E-state index contributed by atoms with van der Waals surface area (Å²) in [5, 5.41) is 15.8. The molecule has 0 bridgehead atoms. The molecule has 2 rings (SSSR count). The molecule has 1 aromatic carbocycles. The molecule has 0 aliphatic heterocycles. The van der Waals surface area contributed by atoms with Gasteiger partial charge in [-0.2, -0.15) is 5.10 Å². The molecular formula is C14H16N2O3. The van der Waals surface area contributed by atoms with Crippen molar-refractivity contribution in [3.63, 3.8) is 0 Å². The largest absolute Gasteiger partial charge is 0.494 e. The van der Waals surface area contributed by atoms with Gasteiger partial charge in [-0.1, -0.05) is 0 Å². The third-order valence-corrected chi connectivity index (χ3v) is 2.88. The maximum atomic E-state index is 10.7. The molecule has 0 saturated heterocycles. The lowest BCUT2D eigenvalue weighted by molar-refractivity contribution is -0.136. The summed E-state index contributed by atoms with van der Waals surface area (Å²) in [4.78, 5) is 10.7. The maximum Gasteiger partial charge on any atom is 0.309 e. The molecule has 5 heteroatoms. The number of hydrogen-bond acceptors (Lipinski definition) is 3. The number of benzene rings is 1. The van der Waals surface area contributed by atoms with Crippen LogP contribution in [0.25, 0.3) is 11.3 Å². The summed E-state index contributed by atoms with van der Waals surface area (Å²) in [5.41, 5.74) is 3.22. The number of carbonyl (C=O) groups is 1. The summed E-state index contributed by atoms with van der Waals surface area (Å²) in [6, 6.07) is 7.59. The third-order valence-electron chi connectivity index (χ3n) is 2.88. The second-order valence-corrected chi connectivity index (χ2v) is 4.20. The van der Waals surface area contributed by atoms with Gasteiger partial charge < -0.3 is 9.84 Å². The van der Waals surface area contributed by atoms with Crippen LogP contribution in [-0.2, 0) is 11.2 Å².